The van der Waals surface area contributed by atoms with Crippen molar-refractivity contribution >= 4 is 11.8 Å². The highest BCUT2D eigenvalue weighted by Crippen LogP contribution is 2.28. The molecule has 0 fully saturated rings. The molecule has 1 aromatic heterocycles. The highest BCUT2D eigenvalue weighted by molar-refractivity contribution is 7.99. The third-order valence-electron chi connectivity index (χ3n) is 2.02. The van der Waals surface area contributed by atoms with Gasteiger partial charge in [-0.1, -0.05) is 41.5 Å². The maximum Gasteiger partial charge on any atom is 0.118 e. The first-order valence-corrected chi connectivity index (χ1v) is 6.36. The molecule has 0 spiro atoms. The molecule has 0 aromatic carbocycles. The Morgan fingerprint density at radius 2 is 1.80 bits per heavy atom. The summed E-state index contributed by atoms with van der Waals surface area (Å²) in [5, 5.41) is 8.54. The highest BCUT2D eigenvalue weighted by Gasteiger charge is 2.18. The number of nitrogens with zero attached hydrogens (tertiary/aromatic N) is 1. The molecule has 0 radical (unpaired) electrons. The van der Waals surface area contributed by atoms with Crippen LogP contribution in [-0.4, -0.2) is 16.0 Å². The predicted octanol–water partition coefficient (Wildman–Crippen LogP) is 3.85. The Kier molecular flexibility index (Phi) is 3.54. The molecule has 2 nitrogen and oxygen atoms in total. The number of aromatic nitrogens is 2. The van der Waals surface area contributed by atoms with E-state index in [1.807, 2.05) is 11.8 Å². The number of nitrogens with one attached hydrogen (secondary N) is 1. The second kappa shape index (κ2) is 4.20. The summed E-state index contributed by atoms with van der Waals surface area (Å²) in [6, 6.07) is 2.16. The van der Waals surface area contributed by atoms with Gasteiger partial charge in [-0.15, -0.1) is 11.8 Å². The average molecular weight is 226 g/mol. The van der Waals surface area contributed by atoms with Gasteiger partial charge in [0.2, 0.25) is 0 Å². The van der Waals surface area contributed by atoms with E-state index in [1.54, 1.807) is 0 Å². The first-order valence-electron chi connectivity index (χ1n) is 5.37. The van der Waals surface area contributed by atoms with Gasteiger partial charge in [0.25, 0.3) is 0 Å². The monoisotopic (exact) mass is 226 g/mol. The van der Waals surface area contributed by atoms with Crippen molar-refractivity contribution in [2.24, 2.45) is 5.41 Å². The fourth-order valence-corrected chi connectivity index (χ4v) is 1.94. The van der Waals surface area contributed by atoms with Crippen molar-refractivity contribution in [2.45, 2.75) is 52.0 Å². The molecular weight excluding hydrogens is 204 g/mol. The fourth-order valence-electron chi connectivity index (χ4n) is 1.05. The lowest BCUT2D eigenvalue weighted by atomic mass is 9.93. The number of hydrogen-bond acceptors (Lipinski definition) is 2. The summed E-state index contributed by atoms with van der Waals surface area (Å²) >= 11 is 1.82. The van der Waals surface area contributed by atoms with Crippen LogP contribution in [0.3, 0.4) is 0 Å². The van der Waals surface area contributed by atoms with E-state index in [0.29, 0.717) is 5.41 Å². The molecule has 0 aliphatic heterocycles. The van der Waals surface area contributed by atoms with Gasteiger partial charge in [0.05, 0.1) is 0 Å². The van der Waals surface area contributed by atoms with E-state index in [4.69, 9.17) is 0 Å². The van der Waals surface area contributed by atoms with E-state index >= 15 is 0 Å². The SMILES string of the molecule is CC(C)(C)CSc1cc(C(C)(C)C)[nH]n1. The summed E-state index contributed by atoms with van der Waals surface area (Å²) in [4.78, 5) is 0. The van der Waals surface area contributed by atoms with Crippen molar-refractivity contribution in [2.75, 3.05) is 5.75 Å². The molecule has 1 aromatic rings. The van der Waals surface area contributed by atoms with Gasteiger partial charge in [-0.3, -0.25) is 5.10 Å². The van der Waals surface area contributed by atoms with Crippen LogP contribution < -0.4 is 0 Å². The minimum absolute atomic E-state index is 0.160. The number of aromatic amines is 1. The molecule has 0 saturated heterocycles. The minimum Gasteiger partial charge on any atom is -0.281 e. The van der Waals surface area contributed by atoms with Crippen molar-refractivity contribution < 1.29 is 0 Å². The Bertz CT molecular complexity index is 315. The zero-order chi connectivity index (χ0) is 11.7. The average Bonchev–Trinajstić information content (AvgIpc) is 2.45. The van der Waals surface area contributed by atoms with E-state index in [-0.39, 0.29) is 5.41 Å². The Labute approximate surface area is 97.2 Å². The van der Waals surface area contributed by atoms with Gasteiger partial charge in [-0.05, 0) is 11.5 Å². The molecule has 3 heteroatoms. The second-order valence-electron chi connectivity index (χ2n) is 6.22. The lowest BCUT2D eigenvalue weighted by Gasteiger charge is -2.16. The van der Waals surface area contributed by atoms with Crippen LogP contribution in [-0.2, 0) is 5.41 Å². The quantitative estimate of drug-likeness (QED) is 0.776. The molecule has 1 rings (SSSR count). The number of rotatable bonds is 2. The summed E-state index contributed by atoms with van der Waals surface area (Å²) in [5.41, 5.74) is 1.72. The molecule has 0 unspecified atom stereocenters. The van der Waals surface area contributed by atoms with E-state index < -0.39 is 0 Å². The minimum atomic E-state index is 0.160. The molecule has 0 amide bonds. The summed E-state index contributed by atoms with van der Waals surface area (Å²) in [6.45, 7) is 13.3. The smallest absolute Gasteiger partial charge is 0.118 e. The third-order valence-corrected chi connectivity index (χ3v) is 3.53. The van der Waals surface area contributed by atoms with Gasteiger partial charge in [0.15, 0.2) is 0 Å². The fraction of sp³-hybridized carbons (Fsp3) is 0.750. The van der Waals surface area contributed by atoms with Crippen LogP contribution in [0.4, 0.5) is 0 Å². The summed E-state index contributed by atoms with van der Waals surface area (Å²) in [7, 11) is 0. The maximum atomic E-state index is 4.32. The Morgan fingerprint density at radius 1 is 1.20 bits per heavy atom. The van der Waals surface area contributed by atoms with Crippen molar-refractivity contribution in [3.05, 3.63) is 11.8 Å². The van der Waals surface area contributed by atoms with Crippen molar-refractivity contribution in [3.63, 3.8) is 0 Å². The van der Waals surface area contributed by atoms with Gasteiger partial charge in [-0.25, -0.2) is 0 Å². The van der Waals surface area contributed by atoms with Crippen LogP contribution in [0.5, 0.6) is 0 Å². The van der Waals surface area contributed by atoms with Crippen LogP contribution in [0.1, 0.15) is 47.2 Å². The molecule has 0 atom stereocenters. The molecule has 0 aliphatic carbocycles. The van der Waals surface area contributed by atoms with Crippen LogP contribution >= 0.6 is 11.8 Å². The molecule has 1 N–H and O–H groups in total. The predicted molar refractivity (Wildman–Crippen MR) is 67.5 cm³/mol. The van der Waals surface area contributed by atoms with Crippen LogP contribution in [0.25, 0.3) is 0 Å². The van der Waals surface area contributed by atoms with Crippen LogP contribution in [0.2, 0.25) is 0 Å². The third kappa shape index (κ3) is 4.29. The van der Waals surface area contributed by atoms with E-state index in [0.717, 1.165) is 10.8 Å². The first kappa shape index (κ1) is 12.6. The normalized spacial score (nSPS) is 13.2. The Morgan fingerprint density at radius 3 is 2.20 bits per heavy atom. The topological polar surface area (TPSA) is 28.7 Å². The molecule has 0 bridgehead atoms. The van der Waals surface area contributed by atoms with Gasteiger partial charge < -0.3 is 0 Å². The van der Waals surface area contributed by atoms with Crippen LogP contribution in [0.15, 0.2) is 11.1 Å². The molecule has 0 aliphatic rings. The Hall–Kier alpha value is -0.440. The van der Waals surface area contributed by atoms with Gasteiger partial charge >= 0.3 is 0 Å². The van der Waals surface area contributed by atoms with Gasteiger partial charge in [-0.2, -0.15) is 5.10 Å². The second-order valence-corrected chi connectivity index (χ2v) is 7.21. The largest absolute Gasteiger partial charge is 0.281 e. The Balaban J connectivity index is 2.62. The summed E-state index contributed by atoms with van der Waals surface area (Å²) < 4.78 is 0. The lowest BCUT2D eigenvalue weighted by Crippen LogP contribution is -2.11. The molecule has 15 heavy (non-hydrogen) atoms. The van der Waals surface area contributed by atoms with E-state index in [1.165, 1.54) is 5.69 Å². The van der Waals surface area contributed by atoms with Gasteiger partial charge in [0.1, 0.15) is 5.03 Å². The number of hydrogen-bond donors (Lipinski definition) is 1. The van der Waals surface area contributed by atoms with Crippen molar-refractivity contribution in [3.8, 4) is 0 Å². The van der Waals surface area contributed by atoms with E-state index in [9.17, 15) is 0 Å². The molecular formula is C12H22N2S. The molecule has 1 heterocycles. The first-order chi connectivity index (χ1) is 6.68. The zero-order valence-electron chi connectivity index (χ0n) is 10.6. The number of H-pyrrole nitrogens is 1. The summed E-state index contributed by atoms with van der Waals surface area (Å²) in [5.74, 6) is 1.10. The zero-order valence-corrected chi connectivity index (χ0v) is 11.5. The lowest BCUT2D eigenvalue weighted by molar-refractivity contribution is 0.480. The standard InChI is InChI=1S/C12H22N2S/c1-11(2,3)8-15-10-7-9(13-14-10)12(4,5)6/h7H,8H2,1-6H3,(H,13,14). The maximum absolute atomic E-state index is 4.32. The van der Waals surface area contributed by atoms with E-state index in [2.05, 4.69) is 57.8 Å². The van der Waals surface area contributed by atoms with Gasteiger partial charge in [0, 0.05) is 16.9 Å². The van der Waals surface area contributed by atoms with Crippen molar-refractivity contribution in [1.82, 2.24) is 10.2 Å². The van der Waals surface area contributed by atoms with Crippen molar-refractivity contribution in [1.29, 1.82) is 0 Å². The summed E-state index contributed by atoms with van der Waals surface area (Å²) in [6.07, 6.45) is 0. The molecule has 0 saturated carbocycles. The number of thioether (sulfide) groups is 1. The van der Waals surface area contributed by atoms with Crippen LogP contribution in [0, 0.1) is 5.41 Å². The molecule has 86 valence electrons. The highest BCUT2D eigenvalue weighted by atomic mass is 32.2.